The lowest BCUT2D eigenvalue weighted by Gasteiger charge is -2.34. The molecule has 0 radical (unpaired) electrons. The van der Waals surface area contributed by atoms with Gasteiger partial charge in [-0.15, -0.1) is 0 Å². The number of anilines is 1. The van der Waals surface area contributed by atoms with Crippen molar-refractivity contribution in [2.24, 2.45) is 0 Å². The summed E-state index contributed by atoms with van der Waals surface area (Å²) in [5.74, 6) is 0.817. The predicted molar refractivity (Wildman–Crippen MR) is 137 cm³/mol. The molecule has 0 unspecified atom stereocenters. The van der Waals surface area contributed by atoms with Crippen molar-refractivity contribution in [1.29, 1.82) is 0 Å². The zero-order valence-corrected chi connectivity index (χ0v) is 21.7. The molecule has 1 saturated heterocycles. The summed E-state index contributed by atoms with van der Waals surface area (Å²) >= 11 is 0. The molecule has 1 aliphatic rings. The predicted octanol–water partition coefficient (Wildman–Crippen LogP) is 5.59. The van der Waals surface area contributed by atoms with Gasteiger partial charge in [0.2, 0.25) is 0 Å². The number of hydrogen-bond acceptors (Lipinski definition) is 5. The summed E-state index contributed by atoms with van der Waals surface area (Å²) in [6.45, 7) is 3.37. The van der Waals surface area contributed by atoms with E-state index in [1.165, 1.54) is 18.2 Å². The summed E-state index contributed by atoms with van der Waals surface area (Å²) in [7, 11) is 1.70. The van der Waals surface area contributed by atoms with E-state index in [1.807, 2.05) is 0 Å². The standard InChI is InChI=1S/C28H28F6N4O2/c1-36(25-11-8-23(18-35-25)28(32,33)34)16-17-40-24-9-4-21(5-10-24)26(39)38-14-12-37(13-15-38)19-20-2-6-22(7-3-20)27(29,30)31/h2-11,18H,12-17,19H2,1H3. The topological polar surface area (TPSA) is 48.9 Å². The average molecular weight is 567 g/mol. The lowest BCUT2D eigenvalue weighted by atomic mass is 10.1. The molecule has 6 nitrogen and oxygen atoms in total. The highest BCUT2D eigenvalue weighted by molar-refractivity contribution is 5.94. The van der Waals surface area contributed by atoms with E-state index >= 15 is 0 Å². The molecule has 2 aromatic carbocycles. The van der Waals surface area contributed by atoms with Gasteiger partial charge in [-0.2, -0.15) is 26.3 Å². The number of amides is 1. The lowest BCUT2D eigenvalue weighted by molar-refractivity contribution is -0.138. The SMILES string of the molecule is CN(CCOc1ccc(C(=O)N2CCN(Cc3ccc(C(F)(F)F)cc3)CC2)cc1)c1ccc(C(F)(F)F)cn1. The van der Waals surface area contributed by atoms with Gasteiger partial charge < -0.3 is 14.5 Å². The zero-order chi connectivity index (χ0) is 28.9. The second kappa shape index (κ2) is 12.2. The molecule has 0 aliphatic carbocycles. The highest BCUT2D eigenvalue weighted by atomic mass is 19.4. The van der Waals surface area contributed by atoms with Crippen LogP contribution >= 0.6 is 0 Å². The molecule has 1 amide bonds. The highest BCUT2D eigenvalue weighted by Gasteiger charge is 2.31. The van der Waals surface area contributed by atoms with Gasteiger partial charge in [-0.1, -0.05) is 12.1 Å². The summed E-state index contributed by atoms with van der Waals surface area (Å²) < 4.78 is 82.1. The van der Waals surface area contributed by atoms with Crippen LogP contribution in [-0.4, -0.2) is 67.1 Å². The zero-order valence-electron chi connectivity index (χ0n) is 21.7. The van der Waals surface area contributed by atoms with Gasteiger partial charge in [0.1, 0.15) is 18.2 Å². The average Bonchev–Trinajstić information content (AvgIpc) is 2.93. The Morgan fingerprint density at radius 1 is 0.850 bits per heavy atom. The summed E-state index contributed by atoms with van der Waals surface area (Å²) in [6.07, 6.45) is -8.00. The van der Waals surface area contributed by atoms with E-state index in [1.54, 1.807) is 41.1 Å². The van der Waals surface area contributed by atoms with Crippen LogP contribution in [0, 0.1) is 0 Å². The molecule has 0 saturated carbocycles. The fourth-order valence-electron chi connectivity index (χ4n) is 4.24. The first-order valence-electron chi connectivity index (χ1n) is 12.6. The molecule has 40 heavy (non-hydrogen) atoms. The van der Waals surface area contributed by atoms with Gasteiger partial charge in [-0.05, 0) is 54.1 Å². The maximum Gasteiger partial charge on any atom is 0.417 e. The summed E-state index contributed by atoms with van der Waals surface area (Å²) in [5, 5.41) is 0. The van der Waals surface area contributed by atoms with Crippen molar-refractivity contribution in [3.05, 3.63) is 89.1 Å². The lowest BCUT2D eigenvalue weighted by Crippen LogP contribution is -2.48. The van der Waals surface area contributed by atoms with E-state index in [0.29, 0.717) is 56.4 Å². The third kappa shape index (κ3) is 7.65. The molecule has 4 rings (SSSR count). The van der Waals surface area contributed by atoms with E-state index in [9.17, 15) is 31.1 Å². The number of halogens is 6. The van der Waals surface area contributed by atoms with Crippen LogP contribution in [0.1, 0.15) is 27.0 Å². The summed E-state index contributed by atoms with van der Waals surface area (Å²) in [6, 6.07) is 14.1. The van der Waals surface area contributed by atoms with Crippen molar-refractivity contribution >= 4 is 11.7 Å². The molecule has 0 N–H and O–H groups in total. The first kappa shape index (κ1) is 29.2. The number of alkyl halides is 6. The van der Waals surface area contributed by atoms with Crippen molar-refractivity contribution in [3.63, 3.8) is 0 Å². The van der Waals surface area contributed by atoms with Crippen LogP contribution in [0.5, 0.6) is 5.75 Å². The smallest absolute Gasteiger partial charge is 0.417 e. The van der Waals surface area contributed by atoms with E-state index in [0.717, 1.165) is 30.0 Å². The van der Waals surface area contributed by atoms with Crippen molar-refractivity contribution in [2.45, 2.75) is 18.9 Å². The number of aromatic nitrogens is 1. The molecule has 214 valence electrons. The Balaban J connectivity index is 1.20. The van der Waals surface area contributed by atoms with Crippen LogP contribution < -0.4 is 9.64 Å². The highest BCUT2D eigenvalue weighted by Crippen LogP contribution is 2.30. The second-order valence-electron chi connectivity index (χ2n) is 9.46. The minimum atomic E-state index is -4.44. The van der Waals surface area contributed by atoms with Gasteiger partial charge >= 0.3 is 12.4 Å². The number of carbonyl (C=O) groups excluding carboxylic acids is 1. The maximum atomic E-state index is 12.9. The number of hydrogen-bond donors (Lipinski definition) is 0. The van der Waals surface area contributed by atoms with E-state index in [4.69, 9.17) is 4.74 Å². The monoisotopic (exact) mass is 566 g/mol. The Bertz CT molecular complexity index is 1250. The Hall–Kier alpha value is -3.80. The Labute approximate surface area is 227 Å². The number of benzene rings is 2. The largest absolute Gasteiger partial charge is 0.492 e. The molecule has 0 atom stereocenters. The molecular weight excluding hydrogens is 538 g/mol. The number of nitrogens with zero attached hydrogens (tertiary/aromatic N) is 4. The van der Waals surface area contributed by atoms with Crippen LogP contribution in [0.4, 0.5) is 32.2 Å². The quantitative estimate of drug-likeness (QED) is 0.333. The molecule has 3 aromatic rings. The van der Waals surface area contributed by atoms with Gasteiger partial charge in [-0.25, -0.2) is 4.98 Å². The van der Waals surface area contributed by atoms with E-state index in [2.05, 4.69) is 9.88 Å². The number of piperazine rings is 1. The molecule has 1 fully saturated rings. The molecule has 0 spiro atoms. The molecule has 12 heteroatoms. The third-order valence-corrected chi connectivity index (χ3v) is 6.61. The Morgan fingerprint density at radius 3 is 2.00 bits per heavy atom. The van der Waals surface area contributed by atoms with Gasteiger partial charge in [0.05, 0.1) is 17.7 Å². The van der Waals surface area contributed by atoms with Crippen LogP contribution in [0.15, 0.2) is 66.9 Å². The van der Waals surface area contributed by atoms with Crippen LogP contribution in [-0.2, 0) is 18.9 Å². The van der Waals surface area contributed by atoms with Crippen LogP contribution in [0.25, 0.3) is 0 Å². The first-order valence-corrected chi connectivity index (χ1v) is 12.6. The Morgan fingerprint density at radius 2 is 1.45 bits per heavy atom. The first-order chi connectivity index (χ1) is 18.9. The number of rotatable bonds is 8. The van der Waals surface area contributed by atoms with E-state index < -0.39 is 23.5 Å². The number of ether oxygens (including phenoxy) is 1. The molecule has 1 aliphatic heterocycles. The summed E-state index contributed by atoms with van der Waals surface area (Å²) in [5.41, 5.74) is -0.193. The fourth-order valence-corrected chi connectivity index (χ4v) is 4.24. The molecule has 2 heterocycles. The number of carbonyl (C=O) groups is 1. The number of pyridine rings is 1. The van der Waals surface area contributed by atoms with Crippen LogP contribution in [0.2, 0.25) is 0 Å². The third-order valence-electron chi connectivity index (χ3n) is 6.61. The van der Waals surface area contributed by atoms with Gasteiger partial charge in [0.15, 0.2) is 0 Å². The molecule has 1 aromatic heterocycles. The minimum Gasteiger partial charge on any atom is -0.492 e. The Kier molecular flexibility index (Phi) is 8.87. The van der Waals surface area contributed by atoms with Gasteiger partial charge in [0, 0.05) is 51.5 Å². The van der Waals surface area contributed by atoms with Crippen LogP contribution in [0.3, 0.4) is 0 Å². The van der Waals surface area contributed by atoms with Crippen molar-refractivity contribution in [2.75, 3.05) is 51.3 Å². The van der Waals surface area contributed by atoms with Gasteiger partial charge in [-0.3, -0.25) is 9.69 Å². The maximum absolute atomic E-state index is 12.9. The molecule has 0 bridgehead atoms. The van der Waals surface area contributed by atoms with Gasteiger partial charge in [0.25, 0.3) is 5.91 Å². The minimum absolute atomic E-state index is 0.117. The number of likely N-dealkylation sites (N-methyl/N-ethyl adjacent to an activating group) is 1. The molecular formula is C28H28F6N4O2. The fraction of sp³-hybridized carbons (Fsp3) is 0.357. The van der Waals surface area contributed by atoms with E-state index in [-0.39, 0.29) is 12.5 Å². The van der Waals surface area contributed by atoms with Crippen molar-refractivity contribution in [1.82, 2.24) is 14.8 Å². The summed E-state index contributed by atoms with van der Waals surface area (Å²) in [4.78, 5) is 22.3. The van der Waals surface area contributed by atoms with Crippen molar-refractivity contribution in [3.8, 4) is 5.75 Å². The normalized spacial score (nSPS) is 14.7. The van der Waals surface area contributed by atoms with Crippen molar-refractivity contribution < 1.29 is 35.9 Å². The second-order valence-corrected chi connectivity index (χ2v) is 9.46.